The van der Waals surface area contributed by atoms with Crippen LogP contribution in [0.25, 0.3) is 0 Å². The Bertz CT molecular complexity index is 918. The van der Waals surface area contributed by atoms with Crippen LogP contribution in [0.1, 0.15) is 36.0 Å². The van der Waals surface area contributed by atoms with Crippen molar-refractivity contribution in [3.05, 3.63) is 46.0 Å². The first-order chi connectivity index (χ1) is 13.6. The van der Waals surface area contributed by atoms with Gasteiger partial charge in [-0.2, -0.15) is 0 Å². The van der Waals surface area contributed by atoms with Crippen LogP contribution in [-0.4, -0.2) is 51.7 Å². The maximum atomic E-state index is 12.3. The van der Waals surface area contributed by atoms with Crippen molar-refractivity contribution >= 4 is 11.7 Å². The van der Waals surface area contributed by atoms with Gasteiger partial charge in [-0.05, 0) is 19.8 Å². The Morgan fingerprint density at radius 1 is 1.25 bits per heavy atom. The second-order valence-electron chi connectivity index (χ2n) is 7.21. The van der Waals surface area contributed by atoms with E-state index in [2.05, 4.69) is 25.2 Å². The van der Waals surface area contributed by atoms with Gasteiger partial charge in [-0.15, -0.1) is 0 Å². The highest BCUT2D eigenvalue weighted by atomic mass is 16.5. The molecule has 0 spiro atoms. The molecule has 0 unspecified atom stereocenters. The lowest BCUT2D eigenvalue weighted by Crippen LogP contribution is -2.37. The average Bonchev–Trinajstić information content (AvgIpc) is 3.54. The van der Waals surface area contributed by atoms with Crippen molar-refractivity contribution in [1.82, 2.24) is 24.8 Å². The first-order valence-electron chi connectivity index (χ1n) is 9.59. The van der Waals surface area contributed by atoms with Gasteiger partial charge in [0.25, 0.3) is 5.56 Å². The standard InChI is InChI=1S/C19H24N6O3/c1-13-8-17(24-4-6-28-7-5-24)23-16(22-13)10-20-18(26)11-25-12-21-15(9-19(25)27)14-2-3-14/h8-9,12,14H,2-7,10-11H2,1H3,(H,20,26). The number of hydrogen-bond donors (Lipinski definition) is 1. The van der Waals surface area contributed by atoms with Gasteiger partial charge >= 0.3 is 0 Å². The second kappa shape index (κ2) is 8.05. The number of amides is 1. The van der Waals surface area contributed by atoms with Crippen molar-refractivity contribution in [3.8, 4) is 0 Å². The Morgan fingerprint density at radius 3 is 2.75 bits per heavy atom. The molecule has 2 fully saturated rings. The highest BCUT2D eigenvalue weighted by molar-refractivity contribution is 5.75. The van der Waals surface area contributed by atoms with E-state index in [4.69, 9.17) is 4.74 Å². The molecule has 1 N–H and O–H groups in total. The number of ether oxygens (including phenoxy) is 1. The van der Waals surface area contributed by atoms with Gasteiger partial charge in [0.2, 0.25) is 5.91 Å². The Labute approximate surface area is 162 Å². The van der Waals surface area contributed by atoms with Crippen LogP contribution in [-0.2, 0) is 22.6 Å². The minimum atomic E-state index is -0.277. The lowest BCUT2D eigenvalue weighted by molar-refractivity contribution is -0.121. The third-order valence-electron chi connectivity index (χ3n) is 4.88. The zero-order valence-electron chi connectivity index (χ0n) is 15.9. The fourth-order valence-electron chi connectivity index (χ4n) is 3.19. The fourth-order valence-corrected chi connectivity index (χ4v) is 3.19. The smallest absolute Gasteiger partial charge is 0.254 e. The maximum absolute atomic E-state index is 12.3. The Hall–Kier alpha value is -2.81. The molecule has 1 aliphatic carbocycles. The number of nitrogens with zero attached hydrogens (tertiary/aromatic N) is 5. The molecule has 0 bridgehead atoms. The molecule has 0 radical (unpaired) electrons. The molecule has 4 rings (SSSR count). The number of nitrogens with one attached hydrogen (secondary N) is 1. The number of hydrogen-bond acceptors (Lipinski definition) is 7. The molecule has 9 heteroatoms. The van der Waals surface area contributed by atoms with Gasteiger partial charge in [-0.1, -0.05) is 0 Å². The summed E-state index contributed by atoms with van der Waals surface area (Å²) in [5, 5.41) is 2.79. The number of anilines is 1. The monoisotopic (exact) mass is 384 g/mol. The van der Waals surface area contributed by atoms with E-state index in [-0.39, 0.29) is 24.6 Å². The maximum Gasteiger partial charge on any atom is 0.254 e. The zero-order valence-corrected chi connectivity index (χ0v) is 15.9. The van der Waals surface area contributed by atoms with Crippen molar-refractivity contribution in [3.63, 3.8) is 0 Å². The molecule has 1 saturated carbocycles. The molecule has 1 aliphatic heterocycles. The number of carbonyl (C=O) groups is 1. The summed E-state index contributed by atoms with van der Waals surface area (Å²) in [5.74, 6) is 1.52. The summed E-state index contributed by atoms with van der Waals surface area (Å²) in [5.41, 5.74) is 1.47. The topological polar surface area (TPSA) is 102 Å². The van der Waals surface area contributed by atoms with Gasteiger partial charge in [-0.3, -0.25) is 14.2 Å². The predicted octanol–water partition coefficient (Wildman–Crippen LogP) is 0.372. The quantitative estimate of drug-likeness (QED) is 0.768. The van der Waals surface area contributed by atoms with Crippen LogP contribution in [0.5, 0.6) is 0 Å². The highest BCUT2D eigenvalue weighted by Gasteiger charge is 2.25. The molecule has 2 aliphatic rings. The summed E-state index contributed by atoms with van der Waals surface area (Å²) in [7, 11) is 0. The molecular weight excluding hydrogens is 360 g/mol. The minimum absolute atomic E-state index is 0.0705. The van der Waals surface area contributed by atoms with Crippen molar-refractivity contribution in [2.45, 2.75) is 38.8 Å². The number of morpholine rings is 1. The van der Waals surface area contributed by atoms with E-state index in [9.17, 15) is 9.59 Å². The largest absolute Gasteiger partial charge is 0.378 e. The van der Waals surface area contributed by atoms with Crippen molar-refractivity contribution < 1.29 is 9.53 Å². The molecule has 0 atom stereocenters. The summed E-state index contributed by atoms with van der Waals surface area (Å²) in [4.78, 5) is 39.8. The highest BCUT2D eigenvalue weighted by Crippen LogP contribution is 2.38. The Balaban J connectivity index is 1.36. The second-order valence-corrected chi connectivity index (χ2v) is 7.21. The van der Waals surface area contributed by atoms with E-state index in [1.54, 1.807) is 0 Å². The van der Waals surface area contributed by atoms with E-state index in [0.717, 1.165) is 43.1 Å². The third-order valence-corrected chi connectivity index (χ3v) is 4.88. The SMILES string of the molecule is Cc1cc(N2CCOCC2)nc(CNC(=O)Cn2cnc(C3CC3)cc2=O)n1. The van der Waals surface area contributed by atoms with E-state index < -0.39 is 0 Å². The normalized spacial score (nSPS) is 16.8. The number of rotatable bonds is 6. The third kappa shape index (κ3) is 4.53. The van der Waals surface area contributed by atoms with Gasteiger partial charge in [0.05, 0.1) is 31.8 Å². The van der Waals surface area contributed by atoms with E-state index in [1.165, 1.54) is 17.0 Å². The summed E-state index contributed by atoms with van der Waals surface area (Å²) in [6.45, 7) is 4.97. The molecule has 148 valence electrons. The summed E-state index contributed by atoms with van der Waals surface area (Å²) in [6.07, 6.45) is 3.62. The molecule has 1 amide bonds. The van der Waals surface area contributed by atoms with Crippen molar-refractivity contribution in [2.75, 3.05) is 31.2 Å². The predicted molar refractivity (Wildman–Crippen MR) is 102 cm³/mol. The van der Waals surface area contributed by atoms with Crippen LogP contribution >= 0.6 is 0 Å². The summed E-state index contributed by atoms with van der Waals surface area (Å²) in [6, 6.07) is 3.46. The van der Waals surface area contributed by atoms with Gasteiger partial charge in [-0.25, -0.2) is 15.0 Å². The number of carbonyl (C=O) groups excluding carboxylic acids is 1. The van der Waals surface area contributed by atoms with E-state index >= 15 is 0 Å². The first-order valence-corrected chi connectivity index (χ1v) is 9.59. The molecule has 9 nitrogen and oxygen atoms in total. The summed E-state index contributed by atoms with van der Waals surface area (Å²) < 4.78 is 6.69. The van der Waals surface area contributed by atoms with Crippen molar-refractivity contribution in [1.29, 1.82) is 0 Å². The molecule has 2 aromatic heterocycles. The van der Waals surface area contributed by atoms with Gasteiger partial charge in [0.1, 0.15) is 18.2 Å². The Kier molecular flexibility index (Phi) is 5.34. The van der Waals surface area contributed by atoms with Crippen molar-refractivity contribution in [2.24, 2.45) is 0 Å². The molecule has 2 aromatic rings. The average molecular weight is 384 g/mol. The van der Waals surface area contributed by atoms with Gasteiger partial charge < -0.3 is 15.0 Å². The van der Waals surface area contributed by atoms with Crippen LogP contribution in [0, 0.1) is 6.92 Å². The lowest BCUT2D eigenvalue weighted by atomic mass is 10.3. The fraction of sp³-hybridized carbons (Fsp3) is 0.526. The van der Waals surface area contributed by atoms with Crippen LogP contribution < -0.4 is 15.8 Å². The van der Waals surface area contributed by atoms with Gasteiger partial charge in [0.15, 0.2) is 0 Å². The summed E-state index contributed by atoms with van der Waals surface area (Å²) >= 11 is 0. The van der Waals surface area contributed by atoms with E-state index in [0.29, 0.717) is 25.0 Å². The molecular formula is C19H24N6O3. The minimum Gasteiger partial charge on any atom is -0.378 e. The number of aromatic nitrogens is 4. The Morgan fingerprint density at radius 2 is 2.04 bits per heavy atom. The molecule has 1 saturated heterocycles. The zero-order chi connectivity index (χ0) is 19.5. The van der Waals surface area contributed by atoms with E-state index in [1.807, 2.05) is 13.0 Å². The van der Waals surface area contributed by atoms with Gasteiger partial charge in [0, 0.05) is 36.8 Å². The van der Waals surface area contributed by atoms with Crippen LogP contribution in [0.3, 0.4) is 0 Å². The number of aryl methyl sites for hydroxylation is 1. The first kappa shape index (κ1) is 18.5. The van der Waals surface area contributed by atoms with Crippen LogP contribution in [0.15, 0.2) is 23.3 Å². The lowest BCUT2D eigenvalue weighted by Gasteiger charge is -2.28. The molecule has 0 aromatic carbocycles. The van der Waals surface area contributed by atoms with Crippen LogP contribution in [0.4, 0.5) is 5.82 Å². The molecule has 3 heterocycles. The van der Waals surface area contributed by atoms with Crippen LogP contribution in [0.2, 0.25) is 0 Å². The molecule has 28 heavy (non-hydrogen) atoms.